The van der Waals surface area contributed by atoms with Gasteiger partial charge in [-0.25, -0.2) is 9.98 Å². The van der Waals surface area contributed by atoms with Crippen LogP contribution in [-0.2, 0) is 11.3 Å². The fourth-order valence-corrected chi connectivity index (χ4v) is 1.91. The molecule has 0 bridgehead atoms. The SMILES string of the molecule is CCNC(=NCc1coc(-c2ccccc2)n1)NCC(=O)N(C)C.I. The van der Waals surface area contributed by atoms with Gasteiger partial charge in [0.1, 0.15) is 12.0 Å². The number of carbonyl (C=O) groups is 1. The molecule has 0 radical (unpaired) electrons. The van der Waals surface area contributed by atoms with Gasteiger partial charge in [0.25, 0.3) is 0 Å². The van der Waals surface area contributed by atoms with Crippen molar-refractivity contribution in [1.29, 1.82) is 0 Å². The zero-order valence-corrected chi connectivity index (χ0v) is 17.0. The monoisotopic (exact) mass is 457 g/mol. The summed E-state index contributed by atoms with van der Waals surface area (Å²) in [6, 6.07) is 9.70. The Labute approximate surface area is 164 Å². The lowest BCUT2D eigenvalue weighted by molar-refractivity contribution is -0.127. The normalized spacial score (nSPS) is 10.8. The van der Waals surface area contributed by atoms with Gasteiger partial charge in [-0.05, 0) is 19.1 Å². The van der Waals surface area contributed by atoms with Gasteiger partial charge in [-0.3, -0.25) is 4.79 Å². The van der Waals surface area contributed by atoms with Crippen molar-refractivity contribution in [3.63, 3.8) is 0 Å². The van der Waals surface area contributed by atoms with E-state index in [0.717, 1.165) is 11.3 Å². The Kier molecular flexibility index (Phi) is 8.96. The molecule has 2 N–H and O–H groups in total. The number of hydrogen-bond donors (Lipinski definition) is 2. The number of oxazole rings is 1. The summed E-state index contributed by atoms with van der Waals surface area (Å²) in [4.78, 5) is 22.0. The van der Waals surface area contributed by atoms with Crippen molar-refractivity contribution in [3.8, 4) is 11.5 Å². The van der Waals surface area contributed by atoms with E-state index in [9.17, 15) is 4.79 Å². The number of likely N-dealkylation sites (N-methyl/N-ethyl adjacent to an activating group) is 1. The Morgan fingerprint density at radius 2 is 1.96 bits per heavy atom. The molecule has 0 unspecified atom stereocenters. The minimum Gasteiger partial charge on any atom is -0.444 e. The van der Waals surface area contributed by atoms with E-state index in [1.807, 2.05) is 37.3 Å². The number of nitrogens with zero attached hydrogens (tertiary/aromatic N) is 3. The van der Waals surface area contributed by atoms with Gasteiger partial charge in [-0.15, -0.1) is 24.0 Å². The average Bonchev–Trinajstić information content (AvgIpc) is 3.06. The van der Waals surface area contributed by atoms with Gasteiger partial charge in [-0.1, -0.05) is 18.2 Å². The highest BCUT2D eigenvalue weighted by Gasteiger charge is 2.08. The number of aliphatic imine (C=N–C) groups is 1. The van der Waals surface area contributed by atoms with E-state index in [1.165, 1.54) is 4.90 Å². The largest absolute Gasteiger partial charge is 0.444 e. The highest BCUT2D eigenvalue weighted by molar-refractivity contribution is 14.0. The van der Waals surface area contributed by atoms with Crippen LogP contribution in [0.5, 0.6) is 0 Å². The van der Waals surface area contributed by atoms with Crippen LogP contribution >= 0.6 is 24.0 Å². The summed E-state index contributed by atoms with van der Waals surface area (Å²) >= 11 is 0. The molecular weight excluding hydrogens is 433 g/mol. The maximum Gasteiger partial charge on any atom is 0.241 e. The van der Waals surface area contributed by atoms with E-state index in [0.29, 0.717) is 24.9 Å². The second-order valence-corrected chi connectivity index (χ2v) is 5.35. The molecule has 2 rings (SSSR count). The van der Waals surface area contributed by atoms with Crippen LogP contribution in [0.15, 0.2) is 46.0 Å². The molecule has 136 valence electrons. The van der Waals surface area contributed by atoms with E-state index in [1.54, 1.807) is 20.4 Å². The number of hydrogen-bond acceptors (Lipinski definition) is 4. The maximum absolute atomic E-state index is 11.6. The van der Waals surface area contributed by atoms with Crippen LogP contribution in [0.4, 0.5) is 0 Å². The third-order valence-corrected chi connectivity index (χ3v) is 3.22. The molecule has 1 aromatic carbocycles. The molecule has 0 fully saturated rings. The zero-order valence-electron chi connectivity index (χ0n) is 14.7. The van der Waals surface area contributed by atoms with Gasteiger partial charge in [0.2, 0.25) is 11.8 Å². The third-order valence-electron chi connectivity index (χ3n) is 3.22. The van der Waals surface area contributed by atoms with E-state index in [2.05, 4.69) is 20.6 Å². The summed E-state index contributed by atoms with van der Waals surface area (Å²) in [6.45, 7) is 3.22. The van der Waals surface area contributed by atoms with Crippen LogP contribution in [-0.4, -0.2) is 48.9 Å². The molecule has 0 aliphatic heterocycles. The molecule has 0 spiro atoms. The maximum atomic E-state index is 11.6. The molecule has 25 heavy (non-hydrogen) atoms. The Morgan fingerprint density at radius 3 is 2.60 bits per heavy atom. The van der Waals surface area contributed by atoms with Gasteiger partial charge in [0.15, 0.2) is 5.96 Å². The highest BCUT2D eigenvalue weighted by Crippen LogP contribution is 2.18. The molecule has 0 saturated heterocycles. The number of amides is 1. The van der Waals surface area contributed by atoms with Crippen molar-refractivity contribution in [3.05, 3.63) is 42.3 Å². The summed E-state index contributed by atoms with van der Waals surface area (Å²) in [7, 11) is 3.43. The molecule has 2 aromatic rings. The Balaban J connectivity index is 0.00000312. The lowest BCUT2D eigenvalue weighted by Crippen LogP contribution is -2.42. The first-order valence-corrected chi connectivity index (χ1v) is 7.82. The molecule has 1 aromatic heterocycles. The molecular formula is C17H24IN5O2. The second kappa shape index (κ2) is 10.7. The van der Waals surface area contributed by atoms with Crippen molar-refractivity contribution in [2.24, 2.45) is 4.99 Å². The first kappa shape index (κ1) is 20.9. The summed E-state index contributed by atoms with van der Waals surface area (Å²) in [5.74, 6) is 1.12. The molecule has 0 aliphatic carbocycles. The summed E-state index contributed by atoms with van der Waals surface area (Å²) in [5, 5.41) is 6.10. The van der Waals surface area contributed by atoms with Gasteiger partial charge in [0, 0.05) is 26.2 Å². The Morgan fingerprint density at radius 1 is 1.24 bits per heavy atom. The number of nitrogens with one attached hydrogen (secondary N) is 2. The van der Waals surface area contributed by atoms with Crippen LogP contribution in [0.2, 0.25) is 0 Å². The topological polar surface area (TPSA) is 82.8 Å². The first-order valence-electron chi connectivity index (χ1n) is 7.82. The molecule has 0 aliphatic rings. The molecule has 7 nitrogen and oxygen atoms in total. The van der Waals surface area contributed by atoms with Gasteiger partial charge in [-0.2, -0.15) is 0 Å². The second-order valence-electron chi connectivity index (χ2n) is 5.35. The van der Waals surface area contributed by atoms with Crippen molar-refractivity contribution >= 4 is 35.8 Å². The fourth-order valence-electron chi connectivity index (χ4n) is 1.91. The van der Waals surface area contributed by atoms with E-state index < -0.39 is 0 Å². The standard InChI is InChI=1S/C17H23N5O2.HI/c1-4-18-17(20-11-15(23)22(2)3)19-10-14-12-24-16(21-14)13-8-6-5-7-9-13;/h5-9,12H,4,10-11H2,1-3H3,(H2,18,19,20);1H. The van der Waals surface area contributed by atoms with Crippen LogP contribution in [0.1, 0.15) is 12.6 Å². The van der Waals surface area contributed by atoms with E-state index in [-0.39, 0.29) is 36.4 Å². The Bertz CT molecular complexity index is 685. The number of rotatable bonds is 6. The van der Waals surface area contributed by atoms with Crippen molar-refractivity contribution in [2.45, 2.75) is 13.5 Å². The van der Waals surface area contributed by atoms with E-state index in [4.69, 9.17) is 4.42 Å². The predicted molar refractivity (Wildman–Crippen MR) is 109 cm³/mol. The number of carbonyl (C=O) groups excluding carboxylic acids is 1. The van der Waals surface area contributed by atoms with Crippen LogP contribution in [0.25, 0.3) is 11.5 Å². The summed E-state index contributed by atoms with van der Waals surface area (Å²) in [5.41, 5.74) is 1.65. The molecule has 1 heterocycles. The number of aromatic nitrogens is 1. The van der Waals surface area contributed by atoms with Gasteiger partial charge in [0.05, 0.1) is 13.1 Å². The van der Waals surface area contributed by atoms with Gasteiger partial charge >= 0.3 is 0 Å². The van der Waals surface area contributed by atoms with Crippen molar-refractivity contribution in [2.75, 3.05) is 27.2 Å². The quantitative estimate of drug-likeness (QED) is 0.395. The van der Waals surface area contributed by atoms with Crippen molar-refractivity contribution < 1.29 is 9.21 Å². The number of guanidine groups is 1. The van der Waals surface area contributed by atoms with Crippen LogP contribution in [0.3, 0.4) is 0 Å². The first-order chi connectivity index (χ1) is 11.6. The number of halogens is 1. The van der Waals surface area contributed by atoms with Crippen molar-refractivity contribution in [1.82, 2.24) is 20.5 Å². The molecule has 0 saturated carbocycles. The Hall–Kier alpha value is -2.10. The minimum absolute atomic E-state index is 0. The smallest absolute Gasteiger partial charge is 0.241 e. The van der Waals surface area contributed by atoms with Gasteiger partial charge < -0.3 is 20.0 Å². The lowest BCUT2D eigenvalue weighted by Gasteiger charge is -2.13. The number of benzene rings is 1. The fraction of sp³-hybridized carbons (Fsp3) is 0.353. The third kappa shape index (κ3) is 6.73. The average molecular weight is 457 g/mol. The van der Waals surface area contributed by atoms with Crippen LogP contribution < -0.4 is 10.6 Å². The van der Waals surface area contributed by atoms with Crippen LogP contribution in [0, 0.1) is 0 Å². The predicted octanol–water partition coefficient (Wildman–Crippen LogP) is 2.10. The minimum atomic E-state index is -0.0200. The summed E-state index contributed by atoms with van der Waals surface area (Å²) < 4.78 is 5.49. The lowest BCUT2D eigenvalue weighted by atomic mass is 10.2. The zero-order chi connectivity index (χ0) is 17.4. The highest BCUT2D eigenvalue weighted by atomic mass is 127. The molecule has 0 atom stereocenters. The van der Waals surface area contributed by atoms with E-state index >= 15 is 0 Å². The summed E-state index contributed by atoms with van der Waals surface area (Å²) in [6.07, 6.45) is 1.60. The molecule has 8 heteroatoms. The molecule has 1 amide bonds.